The minimum absolute atomic E-state index is 0.104. The van der Waals surface area contributed by atoms with Crippen LogP contribution in [0.1, 0.15) is 408 Å². The lowest BCUT2D eigenvalue weighted by Gasteiger charge is -2.21. The predicted molar refractivity (Wildman–Crippen MR) is 400 cm³/mol. The molecule has 0 radical (unpaired) electrons. The van der Waals surface area contributed by atoms with Crippen molar-refractivity contribution in [1.82, 2.24) is 0 Å². The van der Waals surface area contributed by atoms with E-state index in [1.165, 1.54) is 212 Å². The van der Waals surface area contributed by atoms with E-state index in [0.717, 1.165) is 108 Å². The van der Waals surface area contributed by atoms with E-state index < -0.39 is 97.5 Å². The molecule has 0 aromatic carbocycles. The highest BCUT2D eigenvalue weighted by molar-refractivity contribution is 7.47. The molecule has 0 spiro atoms. The van der Waals surface area contributed by atoms with Crippen molar-refractivity contribution in [1.29, 1.82) is 0 Å². The molecular formula is C79H154O17P2. The standard InChI is InChI=1S/C79H154O17P2/c1-8-10-11-12-13-14-15-16-17-18-19-22-25-28-31-39-46-53-60-76(81)89-66-74(95-78(83)62-55-48-40-32-29-26-23-20-21-24-27-30-36-43-50-57-70(3)4)68-93-97(85,86)91-64-73(80)65-92-98(87,88)94-69-75(67-90-77(82)61-54-47-42-35-37-44-51-58-71(5)6)96-79(84)63-56-49-41-34-33-38-45-52-59-72(7)9-2/h70-75,80H,8-69H2,1-7H3,(H,85,86)(H,87,88)/t72?,73-,74-,75-/m1/s1. The molecule has 3 N–H and O–H groups in total. The molecule has 0 bridgehead atoms. The van der Waals surface area contributed by atoms with Gasteiger partial charge in [0.05, 0.1) is 26.4 Å². The highest BCUT2D eigenvalue weighted by atomic mass is 31.2. The Bertz CT molecular complexity index is 1910. The molecule has 0 aromatic heterocycles. The maximum atomic E-state index is 13.1. The Morgan fingerprint density at radius 2 is 0.520 bits per heavy atom. The molecule has 98 heavy (non-hydrogen) atoms. The average Bonchev–Trinajstić information content (AvgIpc) is 2.52. The third-order valence-corrected chi connectivity index (χ3v) is 20.6. The number of aliphatic hydroxyl groups is 1. The van der Waals surface area contributed by atoms with Crippen LogP contribution in [0.4, 0.5) is 0 Å². The number of hydrogen-bond acceptors (Lipinski definition) is 15. The molecule has 6 atom stereocenters. The average molecular weight is 1440 g/mol. The first-order chi connectivity index (χ1) is 47.3. The van der Waals surface area contributed by atoms with Gasteiger partial charge < -0.3 is 33.8 Å². The van der Waals surface area contributed by atoms with E-state index in [1.807, 2.05) is 0 Å². The van der Waals surface area contributed by atoms with Crippen LogP contribution in [0, 0.1) is 17.8 Å². The lowest BCUT2D eigenvalue weighted by molar-refractivity contribution is -0.161. The van der Waals surface area contributed by atoms with E-state index in [0.29, 0.717) is 31.6 Å². The zero-order valence-corrected chi connectivity index (χ0v) is 66.0. The Morgan fingerprint density at radius 1 is 0.296 bits per heavy atom. The molecule has 0 rings (SSSR count). The second kappa shape index (κ2) is 69.4. The summed E-state index contributed by atoms with van der Waals surface area (Å²) in [6.07, 6.45) is 57.0. The van der Waals surface area contributed by atoms with Crippen molar-refractivity contribution in [2.45, 2.75) is 426 Å². The van der Waals surface area contributed by atoms with Crippen molar-refractivity contribution >= 4 is 39.5 Å². The largest absolute Gasteiger partial charge is 0.472 e. The second-order valence-electron chi connectivity index (χ2n) is 29.6. The molecular weight excluding hydrogens is 1280 g/mol. The SMILES string of the molecule is CCCCCCCCCCCCCCCCCCCCC(=O)OC[C@H](COP(=O)(O)OC[C@@H](O)COP(=O)(O)OC[C@@H](COC(=O)CCCCCCCCCC(C)C)OC(=O)CCCCCCCCCCC(C)CC)OC(=O)CCCCCCCCCCCCCCCCCC(C)C. The van der Waals surface area contributed by atoms with Crippen molar-refractivity contribution in [3.8, 4) is 0 Å². The highest BCUT2D eigenvalue weighted by Gasteiger charge is 2.30. The molecule has 0 saturated carbocycles. The number of ether oxygens (including phenoxy) is 4. The van der Waals surface area contributed by atoms with Crippen LogP contribution in [0.5, 0.6) is 0 Å². The fraction of sp³-hybridized carbons (Fsp3) is 0.949. The van der Waals surface area contributed by atoms with Gasteiger partial charge in [-0.25, -0.2) is 9.13 Å². The molecule has 0 saturated heterocycles. The van der Waals surface area contributed by atoms with Crippen molar-refractivity contribution in [3.05, 3.63) is 0 Å². The van der Waals surface area contributed by atoms with Gasteiger partial charge >= 0.3 is 39.5 Å². The molecule has 17 nitrogen and oxygen atoms in total. The fourth-order valence-corrected chi connectivity index (χ4v) is 13.7. The van der Waals surface area contributed by atoms with Gasteiger partial charge in [-0.15, -0.1) is 0 Å². The van der Waals surface area contributed by atoms with Crippen LogP contribution in [0.25, 0.3) is 0 Å². The number of carbonyl (C=O) groups is 4. The molecule has 3 unspecified atom stereocenters. The van der Waals surface area contributed by atoms with Gasteiger partial charge in [-0.3, -0.25) is 37.3 Å². The Labute approximate surface area is 600 Å². The number of phosphoric acid groups is 2. The van der Waals surface area contributed by atoms with Crippen LogP contribution in [-0.4, -0.2) is 96.7 Å². The maximum absolute atomic E-state index is 13.1. The number of unbranched alkanes of at least 4 members (excludes halogenated alkanes) is 44. The Hall–Kier alpha value is -1.94. The molecule has 582 valence electrons. The van der Waals surface area contributed by atoms with Gasteiger partial charge in [0, 0.05) is 25.7 Å². The van der Waals surface area contributed by atoms with Gasteiger partial charge in [-0.05, 0) is 43.4 Å². The molecule has 19 heteroatoms. The molecule has 0 fully saturated rings. The number of carbonyl (C=O) groups excluding carboxylic acids is 4. The first kappa shape index (κ1) is 96.1. The minimum Gasteiger partial charge on any atom is -0.462 e. The summed E-state index contributed by atoms with van der Waals surface area (Å²) in [6.45, 7) is 11.9. The molecule has 0 aliphatic heterocycles. The maximum Gasteiger partial charge on any atom is 0.472 e. The van der Waals surface area contributed by atoms with Crippen LogP contribution >= 0.6 is 15.6 Å². The summed E-state index contributed by atoms with van der Waals surface area (Å²) in [4.78, 5) is 72.9. The fourth-order valence-electron chi connectivity index (χ4n) is 12.1. The van der Waals surface area contributed by atoms with Gasteiger partial charge in [0.1, 0.15) is 19.3 Å². The topological polar surface area (TPSA) is 237 Å². The van der Waals surface area contributed by atoms with Crippen LogP contribution < -0.4 is 0 Å². The Morgan fingerprint density at radius 3 is 0.776 bits per heavy atom. The first-order valence-corrected chi connectivity index (χ1v) is 43.9. The number of esters is 4. The summed E-state index contributed by atoms with van der Waals surface area (Å²) in [5.41, 5.74) is 0. The quantitative estimate of drug-likeness (QED) is 0.0222. The van der Waals surface area contributed by atoms with Gasteiger partial charge in [0.25, 0.3) is 0 Å². The van der Waals surface area contributed by atoms with Crippen LogP contribution in [-0.2, 0) is 65.4 Å². The molecule has 0 aromatic rings. The first-order valence-electron chi connectivity index (χ1n) is 40.9. The third kappa shape index (κ3) is 71.1. The lowest BCUT2D eigenvalue weighted by atomic mass is 9.99. The molecule has 0 aliphatic carbocycles. The smallest absolute Gasteiger partial charge is 0.462 e. The number of aliphatic hydroxyl groups excluding tert-OH is 1. The summed E-state index contributed by atoms with van der Waals surface area (Å²) in [5.74, 6) is 0.161. The van der Waals surface area contributed by atoms with Crippen LogP contribution in [0.15, 0.2) is 0 Å². The lowest BCUT2D eigenvalue weighted by Crippen LogP contribution is -2.30. The zero-order valence-electron chi connectivity index (χ0n) is 64.3. The zero-order chi connectivity index (χ0) is 72.3. The van der Waals surface area contributed by atoms with Crippen molar-refractivity contribution in [2.75, 3.05) is 39.6 Å². The minimum atomic E-state index is -4.96. The molecule has 0 heterocycles. The number of phosphoric ester groups is 2. The van der Waals surface area contributed by atoms with E-state index in [2.05, 4.69) is 48.5 Å². The normalized spacial score (nSPS) is 14.3. The van der Waals surface area contributed by atoms with Gasteiger partial charge in [-0.1, -0.05) is 357 Å². The number of rotatable bonds is 77. The van der Waals surface area contributed by atoms with E-state index >= 15 is 0 Å². The van der Waals surface area contributed by atoms with Gasteiger partial charge in [0.15, 0.2) is 12.2 Å². The predicted octanol–water partition coefficient (Wildman–Crippen LogP) is 23.4. The van der Waals surface area contributed by atoms with Gasteiger partial charge in [0.2, 0.25) is 0 Å². The van der Waals surface area contributed by atoms with E-state index in [1.54, 1.807) is 0 Å². The van der Waals surface area contributed by atoms with Crippen LogP contribution in [0.3, 0.4) is 0 Å². The summed E-state index contributed by atoms with van der Waals surface area (Å²) in [6, 6.07) is 0. The monoisotopic (exact) mass is 1440 g/mol. The summed E-state index contributed by atoms with van der Waals surface area (Å²) in [5, 5.41) is 10.6. The Kier molecular flexibility index (Phi) is 68.1. The third-order valence-electron chi connectivity index (χ3n) is 18.7. The summed E-state index contributed by atoms with van der Waals surface area (Å²) < 4.78 is 68.6. The number of hydrogen-bond donors (Lipinski definition) is 3. The summed E-state index contributed by atoms with van der Waals surface area (Å²) in [7, 11) is -9.92. The van der Waals surface area contributed by atoms with Crippen LogP contribution in [0.2, 0.25) is 0 Å². The van der Waals surface area contributed by atoms with E-state index in [-0.39, 0.29) is 25.7 Å². The van der Waals surface area contributed by atoms with Crippen molar-refractivity contribution in [3.63, 3.8) is 0 Å². The Balaban J connectivity index is 5.24. The summed E-state index contributed by atoms with van der Waals surface area (Å²) >= 11 is 0. The van der Waals surface area contributed by atoms with Crippen molar-refractivity contribution in [2.24, 2.45) is 17.8 Å². The highest BCUT2D eigenvalue weighted by Crippen LogP contribution is 2.45. The van der Waals surface area contributed by atoms with E-state index in [4.69, 9.17) is 37.0 Å². The second-order valence-corrected chi connectivity index (χ2v) is 32.6. The van der Waals surface area contributed by atoms with Crippen molar-refractivity contribution < 1.29 is 80.2 Å². The molecule has 0 amide bonds. The van der Waals surface area contributed by atoms with Gasteiger partial charge in [-0.2, -0.15) is 0 Å². The molecule has 0 aliphatic rings. The van der Waals surface area contributed by atoms with E-state index in [9.17, 15) is 43.2 Å².